The number of likely N-dealkylation sites (N-methyl/N-ethyl adjacent to an activating group) is 1. The molecule has 1 aliphatic rings. The molecule has 0 aliphatic carbocycles. The monoisotopic (exact) mass is 440 g/mol. The number of benzene rings is 2. The van der Waals surface area contributed by atoms with Crippen LogP contribution in [0, 0.1) is 5.82 Å². The lowest BCUT2D eigenvalue weighted by Crippen LogP contribution is -2.46. The zero-order valence-electron chi connectivity index (χ0n) is 16.3. The highest BCUT2D eigenvalue weighted by Crippen LogP contribution is 2.42. The van der Waals surface area contributed by atoms with Gasteiger partial charge < -0.3 is 14.6 Å². The van der Waals surface area contributed by atoms with E-state index in [1.54, 1.807) is 22.8 Å². The molecule has 0 amide bonds. The van der Waals surface area contributed by atoms with Crippen LogP contribution < -0.4 is 0 Å². The van der Waals surface area contributed by atoms with Gasteiger partial charge in [-0.15, -0.1) is 0 Å². The van der Waals surface area contributed by atoms with Crippen molar-refractivity contribution < 1.29 is 22.7 Å². The minimum atomic E-state index is -4.96. The largest absolute Gasteiger partial charge is 0.423 e. The molecule has 0 bridgehead atoms. The zero-order valence-corrected chi connectivity index (χ0v) is 17.1. The Bertz CT molecular complexity index is 1080. The van der Waals surface area contributed by atoms with Crippen LogP contribution in [0.1, 0.15) is 16.8 Å². The first-order chi connectivity index (χ1) is 14.1. The second kappa shape index (κ2) is 7.55. The highest BCUT2D eigenvalue weighted by molar-refractivity contribution is 6.31. The maximum atomic E-state index is 14.1. The van der Waals surface area contributed by atoms with Gasteiger partial charge in [-0.2, -0.15) is 13.2 Å². The predicted octanol–water partition coefficient (Wildman–Crippen LogP) is 4.91. The minimum absolute atomic E-state index is 0.397. The number of aliphatic hydroxyl groups is 1. The Kier molecular flexibility index (Phi) is 5.33. The first-order valence-electron chi connectivity index (χ1n) is 9.63. The molecule has 1 N–H and O–H groups in total. The molecule has 0 saturated heterocycles. The average Bonchev–Trinajstić information content (AvgIpc) is 2.81. The van der Waals surface area contributed by atoms with E-state index in [-0.39, 0.29) is 0 Å². The van der Waals surface area contributed by atoms with Gasteiger partial charge >= 0.3 is 6.18 Å². The van der Waals surface area contributed by atoms with Crippen LogP contribution in [0.5, 0.6) is 0 Å². The van der Waals surface area contributed by atoms with E-state index in [4.69, 9.17) is 11.6 Å². The van der Waals surface area contributed by atoms with Gasteiger partial charge in [-0.05, 0) is 54.9 Å². The summed E-state index contributed by atoms with van der Waals surface area (Å²) in [6, 6.07) is 8.91. The van der Waals surface area contributed by atoms with Crippen LogP contribution in [-0.2, 0) is 25.0 Å². The van der Waals surface area contributed by atoms with E-state index in [2.05, 4.69) is 4.90 Å². The minimum Gasteiger partial charge on any atom is -0.375 e. The van der Waals surface area contributed by atoms with E-state index in [0.717, 1.165) is 47.5 Å². The summed E-state index contributed by atoms with van der Waals surface area (Å²) in [5.41, 5.74) is -1.24. The number of alkyl halides is 3. The first-order valence-corrected chi connectivity index (χ1v) is 10.0. The quantitative estimate of drug-likeness (QED) is 0.586. The zero-order chi connectivity index (χ0) is 21.7. The fourth-order valence-corrected chi connectivity index (χ4v) is 4.38. The predicted molar refractivity (Wildman–Crippen MR) is 108 cm³/mol. The molecular weight excluding hydrogens is 420 g/mol. The Morgan fingerprint density at radius 2 is 1.70 bits per heavy atom. The molecule has 30 heavy (non-hydrogen) atoms. The molecule has 2 aromatic carbocycles. The van der Waals surface area contributed by atoms with Crippen molar-refractivity contribution in [3.05, 3.63) is 70.1 Å². The standard InChI is InChI=1S/C22H21ClF4N2O/c1-28-10-8-17-18-12-15(23)4-7-19(18)29(20(17)9-11-28)13-21(30,22(25,26)27)14-2-5-16(24)6-3-14/h2-7,12,30H,8-11,13H2,1H3. The number of aromatic nitrogens is 1. The third-order valence-corrected chi connectivity index (χ3v) is 6.14. The number of fused-ring (bicyclic) bond motifs is 3. The fraction of sp³-hybridized carbons (Fsp3) is 0.364. The normalized spacial score (nSPS) is 17.6. The van der Waals surface area contributed by atoms with Crippen LogP contribution >= 0.6 is 11.6 Å². The smallest absolute Gasteiger partial charge is 0.375 e. The van der Waals surface area contributed by atoms with E-state index in [1.165, 1.54) is 0 Å². The van der Waals surface area contributed by atoms with E-state index in [0.29, 0.717) is 29.9 Å². The number of rotatable bonds is 3. The Labute approximate surface area is 176 Å². The summed E-state index contributed by atoms with van der Waals surface area (Å²) in [6.07, 6.45) is -3.73. The van der Waals surface area contributed by atoms with Crippen molar-refractivity contribution in [3.8, 4) is 0 Å². The second-order valence-corrected chi connectivity index (χ2v) is 8.28. The Balaban J connectivity index is 1.90. The van der Waals surface area contributed by atoms with E-state index in [1.807, 2.05) is 7.05 Å². The fourth-order valence-electron chi connectivity index (χ4n) is 4.20. The molecule has 3 nitrogen and oxygen atoms in total. The summed E-state index contributed by atoms with van der Waals surface area (Å²) in [5.74, 6) is -0.666. The van der Waals surface area contributed by atoms with Crippen molar-refractivity contribution in [2.24, 2.45) is 0 Å². The summed E-state index contributed by atoms with van der Waals surface area (Å²) in [7, 11) is 1.97. The van der Waals surface area contributed by atoms with Crippen LogP contribution in [0.25, 0.3) is 10.9 Å². The van der Waals surface area contributed by atoms with Crippen LogP contribution in [-0.4, -0.2) is 40.9 Å². The molecule has 0 saturated carbocycles. The molecule has 8 heteroatoms. The highest BCUT2D eigenvalue weighted by Gasteiger charge is 2.55. The molecule has 0 radical (unpaired) electrons. The Hall–Kier alpha value is -2.09. The highest BCUT2D eigenvalue weighted by atomic mass is 35.5. The van der Waals surface area contributed by atoms with Crippen molar-refractivity contribution in [2.75, 3.05) is 20.1 Å². The maximum absolute atomic E-state index is 14.1. The number of halogens is 5. The third kappa shape index (κ3) is 3.59. The maximum Gasteiger partial charge on any atom is 0.423 e. The molecule has 2 heterocycles. The lowest BCUT2D eigenvalue weighted by atomic mass is 9.92. The van der Waals surface area contributed by atoms with Crippen molar-refractivity contribution in [1.82, 2.24) is 9.47 Å². The van der Waals surface area contributed by atoms with Gasteiger partial charge in [0.2, 0.25) is 5.60 Å². The van der Waals surface area contributed by atoms with Crippen molar-refractivity contribution in [2.45, 2.75) is 31.2 Å². The molecule has 0 spiro atoms. The molecule has 4 rings (SSSR count). The summed E-state index contributed by atoms with van der Waals surface area (Å²) in [6.45, 7) is 0.748. The SMILES string of the molecule is CN1CCc2c(n(CC(O)(c3ccc(F)cc3)C(F)(F)F)c3ccc(Cl)cc23)CC1. The van der Waals surface area contributed by atoms with Gasteiger partial charge in [0.15, 0.2) is 0 Å². The molecule has 1 aromatic heterocycles. The lowest BCUT2D eigenvalue weighted by molar-refractivity contribution is -0.271. The Morgan fingerprint density at radius 3 is 2.37 bits per heavy atom. The van der Waals surface area contributed by atoms with Gasteiger partial charge in [0.1, 0.15) is 5.82 Å². The average molecular weight is 441 g/mol. The second-order valence-electron chi connectivity index (χ2n) is 7.84. The topological polar surface area (TPSA) is 28.4 Å². The number of nitrogens with zero attached hydrogens (tertiary/aromatic N) is 2. The van der Waals surface area contributed by atoms with E-state index < -0.39 is 29.7 Å². The molecule has 1 aliphatic heterocycles. The molecule has 3 aromatic rings. The van der Waals surface area contributed by atoms with Crippen LogP contribution in [0.3, 0.4) is 0 Å². The van der Waals surface area contributed by atoms with Crippen molar-refractivity contribution >= 4 is 22.5 Å². The number of hydrogen-bond donors (Lipinski definition) is 1. The van der Waals surface area contributed by atoms with Gasteiger partial charge in [-0.1, -0.05) is 23.7 Å². The van der Waals surface area contributed by atoms with Gasteiger partial charge in [0.05, 0.1) is 6.54 Å². The van der Waals surface area contributed by atoms with Crippen LogP contribution in [0.2, 0.25) is 5.02 Å². The molecule has 0 fully saturated rings. The van der Waals surface area contributed by atoms with Gasteiger partial charge in [-0.25, -0.2) is 4.39 Å². The lowest BCUT2D eigenvalue weighted by Gasteiger charge is -2.32. The van der Waals surface area contributed by atoms with Crippen molar-refractivity contribution in [1.29, 1.82) is 0 Å². The van der Waals surface area contributed by atoms with Crippen LogP contribution in [0.15, 0.2) is 42.5 Å². The van der Waals surface area contributed by atoms with Gasteiger partial charge in [0, 0.05) is 41.1 Å². The molecule has 160 valence electrons. The van der Waals surface area contributed by atoms with Gasteiger partial charge in [0.25, 0.3) is 0 Å². The summed E-state index contributed by atoms with van der Waals surface area (Å²) in [5, 5.41) is 12.2. The first kappa shape index (κ1) is 21.2. The summed E-state index contributed by atoms with van der Waals surface area (Å²) < 4.78 is 57.3. The summed E-state index contributed by atoms with van der Waals surface area (Å²) >= 11 is 6.17. The van der Waals surface area contributed by atoms with E-state index in [9.17, 15) is 22.7 Å². The molecule has 1 unspecified atom stereocenters. The molecule has 1 atom stereocenters. The molecular formula is C22H21ClF4N2O. The van der Waals surface area contributed by atoms with Crippen LogP contribution in [0.4, 0.5) is 17.6 Å². The third-order valence-electron chi connectivity index (χ3n) is 5.90. The summed E-state index contributed by atoms with van der Waals surface area (Å²) in [4.78, 5) is 2.12. The Morgan fingerprint density at radius 1 is 1.03 bits per heavy atom. The number of hydrogen-bond acceptors (Lipinski definition) is 2. The van der Waals surface area contributed by atoms with Gasteiger partial charge in [-0.3, -0.25) is 0 Å². The van der Waals surface area contributed by atoms with Crippen molar-refractivity contribution in [3.63, 3.8) is 0 Å². The van der Waals surface area contributed by atoms with E-state index >= 15 is 0 Å².